The molecule has 0 aliphatic carbocycles. The molecule has 1 amide bonds. The largest absolute Gasteiger partial charge is 0.395 e. The van der Waals surface area contributed by atoms with Crippen molar-refractivity contribution in [1.82, 2.24) is 10.2 Å². The quantitative estimate of drug-likeness (QED) is 0.301. The summed E-state index contributed by atoms with van der Waals surface area (Å²) < 4.78 is 0. The average molecular weight is 161 g/mol. The molecular weight excluding hydrogens is 149 g/mol. The Balaban J connectivity index is 3.31. The van der Waals surface area contributed by atoms with Crippen LogP contribution in [0, 0.1) is 0 Å². The summed E-state index contributed by atoms with van der Waals surface area (Å²) in [5.41, 5.74) is 5.14. The molecule has 1 atom stereocenters. The highest BCUT2D eigenvalue weighted by molar-refractivity contribution is 7.34. The third kappa shape index (κ3) is 4.30. The Morgan fingerprint density at radius 1 is 1.80 bits per heavy atom. The predicted molar refractivity (Wildman–Crippen MR) is 43.5 cm³/mol. The minimum atomic E-state index is -0.306. The lowest BCUT2D eigenvalue weighted by molar-refractivity contribution is -0.115. The molecule has 0 aromatic heterocycles. The van der Waals surface area contributed by atoms with Gasteiger partial charge in [0.25, 0.3) is 5.91 Å². The normalized spacial score (nSPS) is 10.1. The average Bonchev–Trinajstić information content (AvgIpc) is 1.88. The highest BCUT2D eigenvalue weighted by Crippen LogP contribution is 1.94. The van der Waals surface area contributed by atoms with Crippen LogP contribution >= 0.6 is 8.88 Å². The standard InChI is InChI=1S/C5H12N3OP/c1-3-7-10-8-5(9)4(2)6/h7,10H,2-3,6H2,1H3,(H,8,9). The van der Waals surface area contributed by atoms with Crippen molar-refractivity contribution in [2.75, 3.05) is 6.54 Å². The van der Waals surface area contributed by atoms with E-state index in [1.165, 1.54) is 0 Å². The molecule has 0 fully saturated rings. The van der Waals surface area contributed by atoms with Crippen molar-refractivity contribution in [1.29, 1.82) is 0 Å². The maximum atomic E-state index is 10.6. The van der Waals surface area contributed by atoms with E-state index in [4.69, 9.17) is 5.73 Å². The Morgan fingerprint density at radius 3 is 2.80 bits per heavy atom. The number of nitrogens with one attached hydrogen (secondary N) is 2. The van der Waals surface area contributed by atoms with Crippen molar-refractivity contribution in [2.24, 2.45) is 5.73 Å². The van der Waals surface area contributed by atoms with Gasteiger partial charge in [0.2, 0.25) is 0 Å². The lowest BCUT2D eigenvalue weighted by Gasteiger charge is -2.02. The molecule has 0 aromatic carbocycles. The molecule has 10 heavy (non-hydrogen) atoms. The zero-order valence-corrected chi connectivity index (χ0v) is 6.90. The van der Waals surface area contributed by atoms with Gasteiger partial charge in [0.1, 0.15) is 0 Å². The summed E-state index contributed by atoms with van der Waals surface area (Å²) >= 11 is 0. The fraction of sp³-hybridized carbons (Fsp3) is 0.400. The minimum Gasteiger partial charge on any atom is -0.395 e. The van der Waals surface area contributed by atoms with Crippen LogP contribution in [-0.4, -0.2) is 12.5 Å². The van der Waals surface area contributed by atoms with Crippen LogP contribution in [-0.2, 0) is 4.79 Å². The van der Waals surface area contributed by atoms with Crippen LogP contribution in [0.1, 0.15) is 6.92 Å². The summed E-state index contributed by atoms with van der Waals surface area (Å²) in [5, 5.41) is 5.47. The molecule has 5 heteroatoms. The maximum Gasteiger partial charge on any atom is 0.270 e. The lowest BCUT2D eigenvalue weighted by Crippen LogP contribution is -2.23. The topological polar surface area (TPSA) is 67.2 Å². The number of hydrogen-bond donors (Lipinski definition) is 3. The van der Waals surface area contributed by atoms with Gasteiger partial charge in [-0.3, -0.25) is 9.88 Å². The predicted octanol–water partition coefficient (Wildman–Crippen LogP) is -0.307. The molecule has 0 heterocycles. The highest BCUT2D eigenvalue weighted by atomic mass is 31.1. The van der Waals surface area contributed by atoms with E-state index >= 15 is 0 Å². The summed E-state index contributed by atoms with van der Waals surface area (Å²) in [6.07, 6.45) is 0. The molecule has 0 saturated carbocycles. The molecule has 0 aliphatic heterocycles. The summed E-state index contributed by atoms with van der Waals surface area (Å²) in [5.74, 6) is -0.306. The van der Waals surface area contributed by atoms with Crippen molar-refractivity contribution >= 4 is 14.8 Å². The second-order valence-corrected chi connectivity index (χ2v) is 2.49. The van der Waals surface area contributed by atoms with Crippen LogP contribution in [0.5, 0.6) is 0 Å². The van der Waals surface area contributed by atoms with Gasteiger partial charge in [-0.05, 0) is 6.54 Å². The Bertz CT molecular complexity index is 137. The number of carbonyl (C=O) groups is 1. The van der Waals surface area contributed by atoms with Crippen LogP contribution in [0.2, 0.25) is 0 Å². The molecule has 4 nitrogen and oxygen atoms in total. The zero-order chi connectivity index (χ0) is 7.98. The van der Waals surface area contributed by atoms with E-state index in [0.717, 1.165) is 6.54 Å². The van der Waals surface area contributed by atoms with E-state index in [0.29, 0.717) is 0 Å². The van der Waals surface area contributed by atoms with Gasteiger partial charge in [0.05, 0.1) is 5.70 Å². The van der Waals surface area contributed by atoms with E-state index in [9.17, 15) is 4.79 Å². The molecule has 0 aliphatic rings. The first kappa shape index (κ1) is 9.40. The summed E-state index contributed by atoms with van der Waals surface area (Å²) in [4.78, 5) is 10.6. The second-order valence-electron chi connectivity index (χ2n) is 1.63. The summed E-state index contributed by atoms with van der Waals surface area (Å²) in [7, 11) is 0.215. The van der Waals surface area contributed by atoms with Gasteiger partial charge in [0.15, 0.2) is 0 Å². The molecule has 0 saturated heterocycles. The van der Waals surface area contributed by atoms with Gasteiger partial charge in [-0.2, -0.15) is 0 Å². The van der Waals surface area contributed by atoms with E-state index in [1.54, 1.807) is 0 Å². The van der Waals surface area contributed by atoms with E-state index in [-0.39, 0.29) is 20.5 Å². The minimum absolute atomic E-state index is 0.0467. The highest BCUT2D eigenvalue weighted by Gasteiger charge is 1.98. The molecule has 0 aromatic rings. The van der Waals surface area contributed by atoms with Gasteiger partial charge < -0.3 is 10.8 Å². The summed E-state index contributed by atoms with van der Waals surface area (Å²) in [6, 6.07) is 0. The Kier molecular flexibility index (Phi) is 4.89. The number of hydrogen-bond acceptors (Lipinski definition) is 3. The zero-order valence-electron chi connectivity index (χ0n) is 5.90. The number of rotatable bonds is 4. The third-order valence-electron chi connectivity index (χ3n) is 0.733. The molecule has 0 spiro atoms. The first-order valence-electron chi connectivity index (χ1n) is 2.91. The molecular formula is C5H12N3OP. The van der Waals surface area contributed by atoms with Gasteiger partial charge >= 0.3 is 0 Å². The summed E-state index contributed by atoms with van der Waals surface area (Å²) in [6.45, 7) is 6.06. The van der Waals surface area contributed by atoms with Crippen molar-refractivity contribution in [3.05, 3.63) is 12.3 Å². The number of carbonyl (C=O) groups excluding carboxylic acids is 1. The Hall–Kier alpha value is -0.600. The molecule has 1 unspecified atom stereocenters. The van der Waals surface area contributed by atoms with Crippen LogP contribution in [0.25, 0.3) is 0 Å². The third-order valence-corrected chi connectivity index (χ3v) is 1.62. The Labute approximate surface area is 62.1 Å². The van der Waals surface area contributed by atoms with Crippen molar-refractivity contribution in [3.8, 4) is 0 Å². The molecule has 58 valence electrons. The molecule has 0 bridgehead atoms. The Morgan fingerprint density at radius 2 is 2.40 bits per heavy atom. The van der Waals surface area contributed by atoms with Crippen molar-refractivity contribution in [2.45, 2.75) is 6.92 Å². The smallest absolute Gasteiger partial charge is 0.270 e. The number of nitrogens with two attached hydrogens (primary N) is 1. The second kappa shape index (κ2) is 5.21. The van der Waals surface area contributed by atoms with E-state index in [2.05, 4.69) is 16.8 Å². The van der Waals surface area contributed by atoms with Crippen molar-refractivity contribution < 1.29 is 4.79 Å². The lowest BCUT2D eigenvalue weighted by atomic mass is 10.5. The van der Waals surface area contributed by atoms with Gasteiger partial charge in [-0.15, -0.1) is 0 Å². The SMILES string of the molecule is C=C(N)C(=O)NPNCC. The fourth-order valence-electron chi connectivity index (χ4n) is 0.270. The van der Waals surface area contributed by atoms with Crippen LogP contribution < -0.4 is 15.9 Å². The maximum absolute atomic E-state index is 10.6. The van der Waals surface area contributed by atoms with E-state index < -0.39 is 0 Å². The van der Waals surface area contributed by atoms with Gasteiger partial charge in [-0.25, -0.2) is 0 Å². The first-order valence-corrected chi connectivity index (χ1v) is 3.91. The van der Waals surface area contributed by atoms with E-state index in [1.807, 2.05) is 6.92 Å². The first-order chi connectivity index (χ1) is 4.68. The van der Waals surface area contributed by atoms with Gasteiger partial charge in [0, 0.05) is 8.88 Å². The molecule has 0 rings (SSSR count). The van der Waals surface area contributed by atoms with Crippen LogP contribution in [0.3, 0.4) is 0 Å². The number of amides is 1. The molecule has 4 N–H and O–H groups in total. The monoisotopic (exact) mass is 161 g/mol. The van der Waals surface area contributed by atoms with Crippen LogP contribution in [0.15, 0.2) is 12.3 Å². The van der Waals surface area contributed by atoms with Crippen molar-refractivity contribution in [3.63, 3.8) is 0 Å². The van der Waals surface area contributed by atoms with Gasteiger partial charge in [-0.1, -0.05) is 13.5 Å². The molecule has 0 radical (unpaired) electrons. The fourth-order valence-corrected chi connectivity index (χ4v) is 0.809. The van der Waals surface area contributed by atoms with Crippen LogP contribution in [0.4, 0.5) is 0 Å².